The van der Waals surface area contributed by atoms with Gasteiger partial charge in [0.2, 0.25) is 0 Å². The van der Waals surface area contributed by atoms with Crippen molar-refractivity contribution in [1.82, 2.24) is 9.80 Å². The standard InChI is InChI=1S/2C7H17NO3/c2*1-7(11)6-8(2-4-9)3-5-10/h2*7,9-11H,2-6H2,1H3. The predicted molar refractivity (Wildman–Crippen MR) is 84.6 cm³/mol. The Morgan fingerprint density at radius 2 is 0.818 bits per heavy atom. The van der Waals surface area contributed by atoms with Crippen molar-refractivity contribution in [2.75, 3.05) is 65.7 Å². The zero-order valence-corrected chi connectivity index (χ0v) is 13.8. The van der Waals surface area contributed by atoms with Crippen molar-refractivity contribution in [3.63, 3.8) is 0 Å². The summed E-state index contributed by atoms with van der Waals surface area (Å²) in [5.41, 5.74) is 0. The SMILES string of the molecule is CC(O)CN(CCO)CCO.CC(O)CN(CCO)CCO. The highest BCUT2D eigenvalue weighted by atomic mass is 16.3. The van der Waals surface area contributed by atoms with E-state index >= 15 is 0 Å². The van der Waals surface area contributed by atoms with Crippen LogP contribution in [0.25, 0.3) is 0 Å². The zero-order chi connectivity index (χ0) is 17.4. The van der Waals surface area contributed by atoms with Gasteiger partial charge in [-0.1, -0.05) is 0 Å². The first kappa shape index (κ1) is 23.9. The van der Waals surface area contributed by atoms with Gasteiger partial charge in [0.15, 0.2) is 0 Å². The summed E-state index contributed by atoms with van der Waals surface area (Å²) in [4.78, 5) is 3.62. The van der Waals surface area contributed by atoms with E-state index in [-0.39, 0.29) is 26.4 Å². The molecule has 8 nitrogen and oxygen atoms in total. The average Bonchev–Trinajstić information content (AvgIpc) is 2.39. The molecule has 0 saturated carbocycles. The zero-order valence-electron chi connectivity index (χ0n) is 13.8. The third-order valence-electron chi connectivity index (χ3n) is 2.71. The van der Waals surface area contributed by atoms with Gasteiger partial charge < -0.3 is 30.6 Å². The molecule has 0 aromatic rings. The van der Waals surface area contributed by atoms with E-state index in [4.69, 9.17) is 30.6 Å². The van der Waals surface area contributed by atoms with Gasteiger partial charge in [-0.3, -0.25) is 9.80 Å². The Morgan fingerprint density at radius 3 is 0.955 bits per heavy atom. The fourth-order valence-corrected chi connectivity index (χ4v) is 1.90. The molecule has 0 aromatic carbocycles. The molecular weight excluding hydrogens is 292 g/mol. The van der Waals surface area contributed by atoms with Gasteiger partial charge in [0.05, 0.1) is 38.6 Å². The Bertz CT molecular complexity index is 186. The van der Waals surface area contributed by atoms with Crippen molar-refractivity contribution >= 4 is 0 Å². The summed E-state index contributed by atoms with van der Waals surface area (Å²) in [5.74, 6) is 0. The lowest BCUT2D eigenvalue weighted by atomic mass is 10.3. The molecule has 0 aliphatic heterocycles. The Labute approximate surface area is 133 Å². The van der Waals surface area contributed by atoms with Gasteiger partial charge >= 0.3 is 0 Å². The van der Waals surface area contributed by atoms with E-state index in [1.807, 2.05) is 9.80 Å². The Morgan fingerprint density at radius 1 is 0.591 bits per heavy atom. The Kier molecular flexibility index (Phi) is 18.5. The molecule has 0 saturated heterocycles. The fraction of sp³-hybridized carbons (Fsp3) is 1.00. The summed E-state index contributed by atoms with van der Waals surface area (Å²) in [6.07, 6.45) is -0.818. The van der Waals surface area contributed by atoms with Gasteiger partial charge in [-0.05, 0) is 13.8 Å². The number of nitrogens with zero attached hydrogens (tertiary/aromatic N) is 2. The van der Waals surface area contributed by atoms with E-state index in [1.165, 1.54) is 0 Å². The third kappa shape index (κ3) is 17.7. The van der Waals surface area contributed by atoms with E-state index in [1.54, 1.807) is 13.8 Å². The van der Waals surface area contributed by atoms with Crippen molar-refractivity contribution in [1.29, 1.82) is 0 Å². The van der Waals surface area contributed by atoms with Gasteiger partial charge in [0.25, 0.3) is 0 Å². The van der Waals surface area contributed by atoms with Crippen molar-refractivity contribution in [2.24, 2.45) is 0 Å². The minimum absolute atomic E-state index is 0.0622. The second-order valence-electron chi connectivity index (χ2n) is 5.19. The quantitative estimate of drug-likeness (QED) is 0.229. The summed E-state index contributed by atoms with van der Waals surface area (Å²) in [7, 11) is 0. The van der Waals surface area contributed by atoms with Gasteiger partial charge in [0.1, 0.15) is 0 Å². The average molecular weight is 326 g/mol. The van der Waals surface area contributed by atoms with Gasteiger partial charge in [0, 0.05) is 39.3 Å². The molecule has 0 aliphatic rings. The van der Waals surface area contributed by atoms with Crippen molar-refractivity contribution in [3.8, 4) is 0 Å². The van der Waals surface area contributed by atoms with Crippen LogP contribution in [-0.4, -0.2) is 118 Å². The second kappa shape index (κ2) is 17.0. The number of hydrogen-bond donors (Lipinski definition) is 6. The highest BCUT2D eigenvalue weighted by Gasteiger charge is 2.06. The van der Waals surface area contributed by atoms with Crippen LogP contribution in [0.2, 0.25) is 0 Å². The normalized spacial score (nSPS) is 13.9. The van der Waals surface area contributed by atoms with Gasteiger partial charge in [-0.25, -0.2) is 0 Å². The number of hydrogen-bond acceptors (Lipinski definition) is 8. The number of aliphatic hydroxyl groups is 6. The highest BCUT2D eigenvalue weighted by molar-refractivity contribution is 4.60. The number of aliphatic hydroxyl groups excluding tert-OH is 6. The van der Waals surface area contributed by atoms with E-state index in [0.29, 0.717) is 39.3 Å². The summed E-state index contributed by atoms with van der Waals surface area (Å²) >= 11 is 0. The topological polar surface area (TPSA) is 128 Å². The second-order valence-corrected chi connectivity index (χ2v) is 5.19. The molecule has 0 spiro atoms. The molecule has 0 aromatic heterocycles. The molecule has 0 bridgehead atoms. The lowest BCUT2D eigenvalue weighted by Crippen LogP contribution is -2.35. The summed E-state index contributed by atoms with van der Waals surface area (Å²) in [6, 6.07) is 0. The molecule has 0 rings (SSSR count). The molecule has 6 N–H and O–H groups in total. The smallest absolute Gasteiger partial charge is 0.0639 e. The molecular formula is C14H34N2O6. The first-order valence-electron chi connectivity index (χ1n) is 7.65. The first-order valence-corrected chi connectivity index (χ1v) is 7.65. The van der Waals surface area contributed by atoms with Crippen LogP contribution < -0.4 is 0 Å². The van der Waals surface area contributed by atoms with Crippen LogP contribution in [0.15, 0.2) is 0 Å². The molecule has 0 heterocycles. The van der Waals surface area contributed by atoms with Crippen LogP contribution in [0.5, 0.6) is 0 Å². The van der Waals surface area contributed by atoms with E-state index in [0.717, 1.165) is 0 Å². The van der Waals surface area contributed by atoms with Crippen LogP contribution in [0.4, 0.5) is 0 Å². The molecule has 22 heavy (non-hydrogen) atoms. The summed E-state index contributed by atoms with van der Waals surface area (Å²) in [6.45, 7) is 6.64. The largest absolute Gasteiger partial charge is 0.395 e. The van der Waals surface area contributed by atoms with E-state index < -0.39 is 12.2 Å². The van der Waals surface area contributed by atoms with Crippen LogP contribution in [-0.2, 0) is 0 Å². The lowest BCUT2D eigenvalue weighted by molar-refractivity contribution is 0.0966. The van der Waals surface area contributed by atoms with Gasteiger partial charge in [-0.2, -0.15) is 0 Å². The van der Waals surface area contributed by atoms with Crippen LogP contribution in [0.1, 0.15) is 13.8 Å². The summed E-state index contributed by atoms with van der Waals surface area (Å²) < 4.78 is 0. The monoisotopic (exact) mass is 326 g/mol. The highest BCUT2D eigenvalue weighted by Crippen LogP contribution is 1.91. The minimum atomic E-state index is -0.409. The molecule has 0 aliphatic carbocycles. The molecule has 8 heteroatoms. The number of rotatable bonds is 12. The fourth-order valence-electron chi connectivity index (χ4n) is 1.90. The molecule has 0 radical (unpaired) electrons. The van der Waals surface area contributed by atoms with Crippen molar-refractivity contribution in [3.05, 3.63) is 0 Å². The summed E-state index contributed by atoms with van der Waals surface area (Å²) in [5, 5.41) is 52.2. The first-order chi connectivity index (χ1) is 10.4. The molecule has 0 amide bonds. The van der Waals surface area contributed by atoms with E-state index in [2.05, 4.69) is 0 Å². The maximum Gasteiger partial charge on any atom is 0.0639 e. The van der Waals surface area contributed by atoms with Crippen LogP contribution >= 0.6 is 0 Å². The minimum Gasteiger partial charge on any atom is -0.395 e. The Balaban J connectivity index is 0. The third-order valence-corrected chi connectivity index (χ3v) is 2.71. The van der Waals surface area contributed by atoms with Gasteiger partial charge in [-0.15, -0.1) is 0 Å². The van der Waals surface area contributed by atoms with Crippen LogP contribution in [0, 0.1) is 0 Å². The maximum atomic E-state index is 8.97. The predicted octanol–water partition coefficient (Wildman–Crippen LogP) is -2.69. The Hall–Kier alpha value is -0.320. The van der Waals surface area contributed by atoms with Crippen LogP contribution in [0.3, 0.4) is 0 Å². The van der Waals surface area contributed by atoms with E-state index in [9.17, 15) is 0 Å². The van der Waals surface area contributed by atoms with Crippen molar-refractivity contribution in [2.45, 2.75) is 26.1 Å². The van der Waals surface area contributed by atoms with Crippen molar-refractivity contribution < 1.29 is 30.6 Å². The molecule has 136 valence electrons. The molecule has 2 atom stereocenters. The molecule has 0 fully saturated rings. The lowest BCUT2D eigenvalue weighted by Gasteiger charge is -2.21. The maximum absolute atomic E-state index is 8.97. The molecule has 2 unspecified atom stereocenters.